The first-order valence-electron chi connectivity index (χ1n) is 9.41. The van der Waals surface area contributed by atoms with E-state index in [-0.39, 0.29) is 18.4 Å². The molecule has 0 bridgehead atoms. The van der Waals surface area contributed by atoms with Gasteiger partial charge in [0.25, 0.3) is 11.8 Å². The zero-order valence-electron chi connectivity index (χ0n) is 16.1. The molecule has 1 aliphatic rings. The topological polar surface area (TPSA) is 55.8 Å². The first-order valence-corrected chi connectivity index (χ1v) is 9.41. The summed E-state index contributed by atoms with van der Waals surface area (Å²) in [5.41, 5.74) is 2.63. The van der Waals surface area contributed by atoms with Crippen molar-refractivity contribution in [2.75, 3.05) is 13.7 Å². The van der Waals surface area contributed by atoms with Crippen molar-refractivity contribution < 1.29 is 19.1 Å². The van der Waals surface area contributed by atoms with E-state index in [1.165, 1.54) is 12.0 Å². The van der Waals surface area contributed by atoms with Crippen LogP contribution in [-0.2, 0) is 11.3 Å². The van der Waals surface area contributed by atoms with Gasteiger partial charge in [-0.2, -0.15) is 0 Å². The zero-order chi connectivity index (χ0) is 20.2. The van der Waals surface area contributed by atoms with E-state index < -0.39 is 6.04 Å². The molecule has 29 heavy (non-hydrogen) atoms. The third kappa shape index (κ3) is 3.77. The Bertz CT molecular complexity index is 1020. The number of hydrogen-bond donors (Lipinski definition) is 0. The van der Waals surface area contributed by atoms with Gasteiger partial charge >= 0.3 is 0 Å². The maximum absolute atomic E-state index is 13.1. The van der Waals surface area contributed by atoms with Crippen molar-refractivity contribution in [2.24, 2.45) is 0 Å². The van der Waals surface area contributed by atoms with Gasteiger partial charge in [0.1, 0.15) is 5.75 Å². The van der Waals surface area contributed by atoms with Crippen LogP contribution >= 0.6 is 0 Å². The second kappa shape index (κ2) is 8.29. The number of imide groups is 1. The van der Waals surface area contributed by atoms with Gasteiger partial charge in [0.15, 0.2) is 0 Å². The number of nitrogens with zero attached hydrogens (tertiary/aromatic N) is 1. The van der Waals surface area contributed by atoms with E-state index in [2.05, 4.69) is 0 Å². The maximum atomic E-state index is 13.1. The number of ether oxygens (including phenoxy) is 2. The summed E-state index contributed by atoms with van der Waals surface area (Å²) >= 11 is 0. The Labute approximate surface area is 169 Å². The standard InChI is InChI=1S/C24H21NO4/c1-28-19-12-13-20-21(14-19)24(27)25(23(20)26)22(18-10-6-3-7-11-18)16-29-15-17-8-4-2-5-9-17/h2-14,22H,15-16H2,1H3/t22-/m1/s1. The van der Waals surface area contributed by atoms with Gasteiger partial charge in [0.2, 0.25) is 0 Å². The molecule has 0 fully saturated rings. The lowest BCUT2D eigenvalue weighted by Gasteiger charge is -2.26. The minimum Gasteiger partial charge on any atom is -0.497 e. The molecule has 1 heterocycles. The smallest absolute Gasteiger partial charge is 0.262 e. The van der Waals surface area contributed by atoms with Gasteiger partial charge in [0.05, 0.1) is 37.5 Å². The molecule has 0 unspecified atom stereocenters. The van der Waals surface area contributed by atoms with Gasteiger partial charge in [-0.25, -0.2) is 0 Å². The van der Waals surface area contributed by atoms with Crippen LogP contribution in [-0.4, -0.2) is 30.4 Å². The monoisotopic (exact) mass is 387 g/mol. The summed E-state index contributed by atoms with van der Waals surface area (Å²) in [6.45, 7) is 0.614. The number of carbonyl (C=O) groups is 2. The molecule has 1 aliphatic heterocycles. The minimum atomic E-state index is -0.515. The molecule has 0 radical (unpaired) electrons. The number of benzene rings is 3. The maximum Gasteiger partial charge on any atom is 0.262 e. The molecule has 0 N–H and O–H groups in total. The van der Waals surface area contributed by atoms with Crippen molar-refractivity contribution in [2.45, 2.75) is 12.6 Å². The van der Waals surface area contributed by atoms with Crippen molar-refractivity contribution in [3.8, 4) is 5.75 Å². The Morgan fingerprint density at radius 1 is 0.828 bits per heavy atom. The van der Waals surface area contributed by atoms with Gasteiger partial charge in [-0.1, -0.05) is 60.7 Å². The summed E-state index contributed by atoms with van der Waals surface area (Å²) in [4.78, 5) is 27.5. The number of carbonyl (C=O) groups excluding carboxylic acids is 2. The highest BCUT2D eigenvalue weighted by molar-refractivity contribution is 6.21. The number of rotatable bonds is 7. The SMILES string of the molecule is COc1ccc2c(c1)C(=O)N([C@H](COCc1ccccc1)c1ccccc1)C2=O. The molecule has 5 heteroatoms. The van der Waals surface area contributed by atoms with Crippen LogP contribution in [0, 0.1) is 0 Å². The highest BCUT2D eigenvalue weighted by Gasteiger charge is 2.41. The second-order valence-corrected chi connectivity index (χ2v) is 6.82. The van der Waals surface area contributed by atoms with E-state index in [1.807, 2.05) is 60.7 Å². The van der Waals surface area contributed by atoms with Crippen LogP contribution in [0.1, 0.15) is 37.9 Å². The lowest BCUT2D eigenvalue weighted by Crippen LogP contribution is -2.36. The fraction of sp³-hybridized carbons (Fsp3) is 0.167. The van der Waals surface area contributed by atoms with Gasteiger partial charge in [-0.3, -0.25) is 14.5 Å². The van der Waals surface area contributed by atoms with Crippen molar-refractivity contribution in [3.63, 3.8) is 0 Å². The molecule has 2 amide bonds. The average molecular weight is 387 g/mol. The Kier molecular flexibility index (Phi) is 5.40. The van der Waals surface area contributed by atoms with E-state index in [0.717, 1.165) is 11.1 Å². The molecule has 4 rings (SSSR count). The van der Waals surface area contributed by atoms with Crippen LogP contribution in [0.15, 0.2) is 78.9 Å². The Balaban J connectivity index is 1.61. The summed E-state index contributed by atoms with van der Waals surface area (Å²) in [5.74, 6) is -0.103. The molecule has 5 nitrogen and oxygen atoms in total. The molecule has 3 aromatic carbocycles. The highest BCUT2D eigenvalue weighted by atomic mass is 16.5. The van der Waals surface area contributed by atoms with Crippen molar-refractivity contribution in [1.82, 2.24) is 4.90 Å². The fourth-order valence-corrected chi connectivity index (χ4v) is 3.51. The summed E-state index contributed by atoms with van der Waals surface area (Å²) < 4.78 is 11.1. The zero-order valence-corrected chi connectivity index (χ0v) is 16.1. The second-order valence-electron chi connectivity index (χ2n) is 6.82. The first-order chi connectivity index (χ1) is 14.2. The molecule has 0 aliphatic carbocycles. The normalized spacial score (nSPS) is 14.0. The van der Waals surface area contributed by atoms with Crippen molar-refractivity contribution in [1.29, 1.82) is 0 Å². The van der Waals surface area contributed by atoms with Gasteiger partial charge in [-0.05, 0) is 29.3 Å². The first kappa shape index (κ1) is 18.9. The largest absolute Gasteiger partial charge is 0.497 e. The van der Waals surface area contributed by atoms with Crippen LogP contribution in [0.3, 0.4) is 0 Å². The van der Waals surface area contributed by atoms with E-state index in [0.29, 0.717) is 23.5 Å². The Morgan fingerprint density at radius 3 is 2.17 bits per heavy atom. The quantitative estimate of drug-likeness (QED) is 0.569. The molecular weight excluding hydrogens is 366 g/mol. The van der Waals surface area contributed by atoms with Gasteiger partial charge < -0.3 is 9.47 Å². The minimum absolute atomic E-state index is 0.210. The molecule has 0 spiro atoms. The van der Waals surface area contributed by atoms with Crippen molar-refractivity contribution in [3.05, 3.63) is 101 Å². The van der Waals surface area contributed by atoms with Crippen LogP contribution in [0.2, 0.25) is 0 Å². The molecule has 0 saturated heterocycles. The molecule has 1 atom stereocenters. The molecule has 0 saturated carbocycles. The highest BCUT2D eigenvalue weighted by Crippen LogP contribution is 2.33. The Morgan fingerprint density at radius 2 is 1.48 bits per heavy atom. The average Bonchev–Trinajstić information content (AvgIpc) is 3.02. The van der Waals surface area contributed by atoms with Crippen LogP contribution in [0.5, 0.6) is 5.75 Å². The van der Waals surface area contributed by atoms with Crippen LogP contribution in [0.4, 0.5) is 0 Å². The van der Waals surface area contributed by atoms with E-state index >= 15 is 0 Å². The van der Waals surface area contributed by atoms with Gasteiger partial charge in [0, 0.05) is 0 Å². The van der Waals surface area contributed by atoms with E-state index in [1.54, 1.807) is 18.2 Å². The van der Waals surface area contributed by atoms with E-state index in [4.69, 9.17) is 9.47 Å². The van der Waals surface area contributed by atoms with Crippen molar-refractivity contribution >= 4 is 11.8 Å². The number of fused-ring (bicyclic) bond motifs is 1. The number of hydrogen-bond acceptors (Lipinski definition) is 4. The third-order valence-electron chi connectivity index (χ3n) is 5.01. The summed E-state index contributed by atoms with van der Waals surface area (Å²) in [6, 6.07) is 23.7. The van der Waals surface area contributed by atoms with E-state index in [9.17, 15) is 9.59 Å². The fourth-order valence-electron chi connectivity index (χ4n) is 3.51. The lowest BCUT2D eigenvalue weighted by molar-refractivity contribution is 0.0359. The number of amides is 2. The predicted octanol–water partition coefficient (Wildman–Crippen LogP) is 4.25. The molecule has 0 aromatic heterocycles. The number of methoxy groups -OCH3 is 1. The van der Waals surface area contributed by atoms with Crippen LogP contribution < -0.4 is 4.74 Å². The molecular formula is C24H21NO4. The van der Waals surface area contributed by atoms with Crippen LogP contribution in [0.25, 0.3) is 0 Å². The predicted molar refractivity (Wildman–Crippen MR) is 109 cm³/mol. The summed E-state index contributed by atoms with van der Waals surface area (Å²) in [6.07, 6.45) is 0. The molecule has 146 valence electrons. The molecule has 3 aromatic rings. The third-order valence-corrected chi connectivity index (χ3v) is 5.01. The Hall–Kier alpha value is -3.44. The lowest BCUT2D eigenvalue weighted by atomic mass is 10.1. The summed E-state index contributed by atoms with van der Waals surface area (Å²) in [7, 11) is 1.53. The summed E-state index contributed by atoms with van der Waals surface area (Å²) in [5, 5.41) is 0. The van der Waals surface area contributed by atoms with Gasteiger partial charge in [-0.15, -0.1) is 0 Å².